The van der Waals surface area contributed by atoms with Crippen LogP contribution in [0.1, 0.15) is 12.8 Å². The predicted octanol–water partition coefficient (Wildman–Crippen LogP) is 1.50. The van der Waals surface area contributed by atoms with Gasteiger partial charge in [-0.2, -0.15) is 0 Å². The SMILES string of the molecule is CN(C)S(=O)(=O)c1cc(NC(=O)CN2CCCC2C(=O)O)ccc1Cl.Cl. The minimum absolute atomic E-state index is 0. The molecule has 8 nitrogen and oxygen atoms in total. The quantitative estimate of drug-likeness (QED) is 0.714. The molecule has 1 aromatic rings. The Labute approximate surface area is 163 Å². The number of carbonyl (C=O) groups excluding carboxylic acids is 1. The van der Waals surface area contributed by atoms with Crippen LogP contribution in [0.3, 0.4) is 0 Å². The fourth-order valence-electron chi connectivity index (χ4n) is 2.66. The summed E-state index contributed by atoms with van der Waals surface area (Å²) in [5.74, 6) is -1.36. The Balaban J connectivity index is 0.00000338. The van der Waals surface area contributed by atoms with E-state index >= 15 is 0 Å². The highest BCUT2D eigenvalue weighted by Gasteiger charge is 2.31. The Hall–Kier alpha value is -1.39. The highest BCUT2D eigenvalue weighted by atomic mass is 35.5. The van der Waals surface area contributed by atoms with E-state index < -0.39 is 27.9 Å². The van der Waals surface area contributed by atoms with Gasteiger partial charge in [-0.1, -0.05) is 11.6 Å². The van der Waals surface area contributed by atoms with E-state index in [1.54, 1.807) is 4.90 Å². The number of carbonyl (C=O) groups is 2. The topological polar surface area (TPSA) is 107 Å². The molecule has 26 heavy (non-hydrogen) atoms. The number of hydrogen-bond donors (Lipinski definition) is 2. The first-order chi connectivity index (χ1) is 11.6. The molecule has 1 aromatic carbocycles. The van der Waals surface area contributed by atoms with Crippen molar-refractivity contribution < 1.29 is 23.1 Å². The number of aliphatic carboxylic acids is 1. The number of anilines is 1. The van der Waals surface area contributed by atoms with Crippen molar-refractivity contribution in [2.24, 2.45) is 0 Å². The van der Waals surface area contributed by atoms with Crippen molar-refractivity contribution in [2.45, 2.75) is 23.8 Å². The van der Waals surface area contributed by atoms with Crippen molar-refractivity contribution in [3.05, 3.63) is 23.2 Å². The van der Waals surface area contributed by atoms with E-state index in [1.165, 1.54) is 32.3 Å². The third-order valence-electron chi connectivity index (χ3n) is 3.97. The van der Waals surface area contributed by atoms with Gasteiger partial charge in [0.1, 0.15) is 10.9 Å². The van der Waals surface area contributed by atoms with Gasteiger partial charge in [0.15, 0.2) is 0 Å². The molecule has 0 spiro atoms. The summed E-state index contributed by atoms with van der Waals surface area (Å²) in [7, 11) is -0.976. The van der Waals surface area contributed by atoms with E-state index in [0.717, 1.165) is 10.7 Å². The molecule has 0 aliphatic carbocycles. The first-order valence-corrected chi connectivity index (χ1v) is 9.43. The van der Waals surface area contributed by atoms with E-state index in [0.29, 0.717) is 13.0 Å². The summed E-state index contributed by atoms with van der Waals surface area (Å²) in [5, 5.41) is 11.8. The molecule has 0 bridgehead atoms. The molecule has 1 aliphatic heterocycles. The maximum absolute atomic E-state index is 12.2. The zero-order chi connectivity index (χ0) is 18.8. The molecular weight excluding hydrogens is 405 g/mol. The molecule has 1 saturated heterocycles. The van der Waals surface area contributed by atoms with Crippen LogP contribution in [0.2, 0.25) is 5.02 Å². The fourth-order valence-corrected chi connectivity index (χ4v) is 4.05. The number of carboxylic acids is 1. The van der Waals surface area contributed by atoms with Crippen LogP contribution in [-0.4, -0.2) is 67.8 Å². The second-order valence-electron chi connectivity index (χ2n) is 5.95. The number of benzene rings is 1. The van der Waals surface area contributed by atoms with Crippen LogP contribution in [-0.2, 0) is 19.6 Å². The normalized spacial score (nSPS) is 17.8. The first kappa shape index (κ1) is 22.7. The number of likely N-dealkylation sites (tertiary alicyclic amines) is 1. The van der Waals surface area contributed by atoms with Gasteiger partial charge >= 0.3 is 5.97 Å². The summed E-state index contributed by atoms with van der Waals surface area (Å²) in [5.41, 5.74) is 0.279. The number of nitrogens with zero attached hydrogens (tertiary/aromatic N) is 2. The standard InChI is InChI=1S/C15H20ClN3O5S.ClH/c1-18(2)25(23,24)13-8-10(5-6-11(13)16)17-14(20)9-19-7-3-4-12(19)15(21)22;/h5-6,8,12H,3-4,7,9H2,1-2H3,(H,17,20)(H,21,22);1H. The van der Waals surface area contributed by atoms with Crippen LogP contribution < -0.4 is 5.32 Å². The third kappa shape index (κ3) is 5.08. The van der Waals surface area contributed by atoms with Crippen LogP contribution in [0.5, 0.6) is 0 Å². The van der Waals surface area contributed by atoms with Crippen molar-refractivity contribution >= 4 is 51.6 Å². The van der Waals surface area contributed by atoms with Crippen molar-refractivity contribution in [1.29, 1.82) is 0 Å². The molecule has 1 amide bonds. The molecule has 2 rings (SSSR count). The summed E-state index contributed by atoms with van der Waals surface area (Å²) in [6.07, 6.45) is 1.23. The zero-order valence-corrected chi connectivity index (χ0v) is 16.7. The Bertz CT molecular complexity index is 785. The molecule has 1 heterocycles. The van der Waals surface area contributed by atoms with Gasteiger partial charge in [-0.05, 0) is 37.6 Å². The monoisotopic (exact) mass is 425 g/mol. The van der Waals surface area contributed by atoms with E-state index in [4.69, 9.17) is 16.7 Å². The number of sulfonamides is 1. The molecule has 1 fully saturated rings. The number of hydrogen-bond acceptors (Lipinski definition) is 5. The summed E-state index contributed by atoms with van der Waals surface area (Å²) in [6.45, 7) is 0.459. The number of amides is 1. The van der Waals surface area contributed by atoms with Crippen LogP contribution in [0.15, 0.2) is 23.1 Å². The Morgan fingerprint density at radius 2 is 2.04 bits per heavy atom. The van der Waals surface area contributed by atoms with Crippen molar-refractivity contribution in [3.63, 3.8) is 0 Å². The van der Waals surface area contributed by atoms with Gasteiger partial charge in [-0.15, -0.1) is 12.4 Å². The highest BCUT2D eigenvalue weighted by molar-refractivity contribution is 7.89. The van der Waals surface area contributed by atoms with Crippen LogP contribution in [0, 0.1) is 0 Å². The molecule has 0 aromatic heterocycles. The third-order valence-corrected chi connectivity index (χ3v) is 6.27. The lowest BCUT2D eigenvalue weighted by molar-refractivity contribution is -0.142. The Morgan fingerprint density at radius 1 is 1.38 bits per heavy atom. The molecule has 146 valence electrons. The van der Waals surface area contributed by atoms with Crippen LogP contribution >= 0.6 is 24.0 Å². The van der Waals surface area contributed by atoms with Crippen LogP contribution in [0.25, 0.3) is 0 Å². The average molecular weight is 426 g/mol. The van der Waals surface area contributed by atoms with E-state index in [2.05, 4.69) is 5.32 Å². The van der Waals surface area contributed by atoms with Gasteiger partial charge in [-0.3, -0.25) is 14.5 Å². The van der Waals surface area contributed by atoms with Gasteiger partial charge in [0.25, 0.3) is 0 Å². The van der Waals surface area contributed by atoms with Crippen molar-refractivity contribution in [1.82, 2.24) is 9.21 Å². The molecule has 1 aliphatic rings. The minimum atomic E-state index is -3.75. The Morgan fingerprint density at radius 3 is 2.62 bits per heavy atom. The van der Waals surface area contributed by atoms with Gasteiger partial charge in [0.2, 0.25) is 15.9 Å². The van der Waals surface area contributed by atoms with Crippen molar-refractivity contribution in [3.8, 4) is 0 Å². The molecule has 1 atom stereocenters. The number of rotatable bonds is 6. The minimum Gasteiger partial charge on any atom is -0.480 e. The molecular formula is C15H21Cl2N3O5S. The largest absolute Gasteiger partial charge is 0.480 e. The van der Waals surface area contributed by atoms with Gasteiger partial charge in [0, 0.05) is 19.8 Å². The second kappa shape index (κ2) is 9.01. The summed E-state index contributed by atoms with van der Waals surface area (Å²) >= 11 is 5.96. The zero-order valence-electron chi connectivity index (χ0n) is 14.3. The van der Waals surface area contributed by atoms with Crippen LogP contribution in [0.4, 0.5) is 5.69 Å². The molecule has 0 radical (unpaired) electrons. The van der Waals surface area contributed by atoms with Crippen molar-refractivity contribution in [2.75, 3.05) is 32.5 Å². The molecule has 11 heteroatoms. The van der Waals surface area contributed by atoms with E-state index in [1.807, 2.05) is 0 Å². The highest BCUT2D eigenvalue weighted by Crippen LogP contribution is 2.27. The maximum atomic E-state index is 12.2. The number of nitrogens with one attached hydrogen (secondary N) is 1. The van der Waals surface area contributed by atoms with E-state index in [9.17, 15) is 18.0 Å². The average Bonchev–Trinajstić information content (AvgIpc) is 2.97. The van der Waals surface area contributed by atoms with Gasteiger partial charge in [-0.25, -0.2) is 12.7 Å². The molecule has 1 unspecified atom stereocenters. The smallest absolute Gasteiger partial charge is 0.320 e. The summed E-state index contributed by atoms with van der Waals surface area (Å²) < 4.78 is 25.5. The lowest BCUT2D eigenvalue weighted by Crippen LogP contribution is -2.40. The van der Waals surface area contributed by atoms with E-state index in [-0.39, 0.29) is 34.6 Å². The summed E-state index contributed by atoms with van der Waals surface area (Å²) in [6, 6.07) is 3.51. The number of halogens is 2. The number of carboxylic acid groups (broad SMARTS) is 1. The predicted molar refractivity (Wildman–Crippen MR) is 100 cm³/mol. The molecule has 0 saturated carbocycles. The summed E-state index contributed by atoms with van der Waals surface area (Å²) in [4.78, 5) is 24.8. The second-order valence-corrected chi connectivity index (χ2v) is 8.48. The lowest BCUT2D eigenvalue weighted by atomic mass is 10.2. The fraction of sp³-hybridized carbons (Fsp3) is 0.467. The van der Waals surface area contributed by atoms with Gasteiger partial charge in [0.05, 0.1) is 11.6 Å². The van der Waals surface area contributed by atoms with Gasteiger partial charge < -0.3 is 10.4 Å². The Kier molecular flexibility index (Phi) is 7.85. The molecule has 2 N–H and O–H groups in total. The first-order valence-electron chi connectivity index (χ1n) is 7.61. The maximum Gasteiger partial charge on any atom is 0.320 e. The lowest BCUT2D eigenvalue weighted by Gasteiger charge is -2.20.